The molecule has 2 N–H and O–H groups in total. The summed E-state index contributed by atoms with van der Waals surface area (Å²) in [5, 5.41) is 6.67. The zero-order valence-electron chi connectivity index (χ0n) is 19.8. The highest BCUT2D eigenvalue weighted by Crippen LogP contribution is 2.34. The molecule has 2 amide bonds. The smallest absolute Gasteiger partial charge is 0.405 e. The second-order valence-corrected chi connectivity index (χ2v) is 9.53. The Morgan fingerprint density at radius 1 is 0.972 bits per heavy atom. The summed E-state index contributed by atoms with van der Waals surface area (Å²) < 4.78 is 42.7. The van der Waals surface area contributed by atoms with Crippen LogP contribution in [-0.4, -0.2) is 66.5 Å². The van der Waals surface area contributed by atoms with Crippen LogP contribution in [0, 0.1) is 5.92 Å². The molecule has 7 nitrogen and oxygen atoms in total. The molecule has 3 atom stereocenters. The molecule has 36 heavy (non-hydrogen) atoms. The average Bonchev–Trinajstić information content (AvgIpc) is 2.88. The molecule has 192 valence electrons. The van der Waals surface area contributed by atoms with Crippen LogP contribution < -0.4 is 15.4 Å². The van der Waals surface area contributed by atoms with Crippen molar-refractivity contribution in [2.45, 2.75) is 44.4 Å². The number of amides is 2. The molecule has 3 unspecified atom stereocenters. The average molecular weight is 503 g/mol. The van der Waals surface area contributed by atoms with E-state index in [1.165, 1.54) is 18.2 Å². The molecule has 2 aliphatic heterocycles. The number of carbonyl (C=O) groups excluding carboxylic acids is 2. The van der Waals surface area contributed by atoms with Crippen molar-refractivity contribution in [1.29, 1.82) is 0 Å². The molecule has 1 saturated carbocycles. The number of benzene rings is 2. The number of hydrogen-bond acceptors (Lipinski definition) is 5. The molecule has 2 aromatic carbocycles. The van der Waals surface area contributed by atoms with Gasteiger partial charge in [-0.15, -0.1) is 13.2 Å². The molecular weight excluding hydrogens is 473 g/mol. The molecular formula is C26H29F3N4O3. The van der Waals surface area contributed by atoms with Gasteiger partial charge in [0.15, 0.2) is 0 Å². The third-order valence-corrected chi connectivity index (χ3v) is 7.25. The van der Waals surface area contributed by atoms with Gasteiger partial charge in [0.1, 0.15) is 12.0 Å². The van der Waals surface area contributed by atoms with E-state index in [1.807, 2.05) is 0 Å². The summed E-state index contributed by atoms with van der Waals surface area (Å²) in [6, 6.07) is 12.7. The van der Waals surface area contributed by atoms with Crippen LogP contribution in [0.25, 0.3) is 11.1 Å². The number of para-hydroxylation sites is 1. The van der Waals surface area contributed by atoms with E-state index in [4.69, 9.17) is 0 Å². The summed E-state index contributed by atoms with van der Waals surface area (Å²) in [5.74, 6) is -0.352. The summed E-state index contributed by atoms with van der Waals surface area (Å²) in [4.78, 5) is 29.7. The number of piperazine rings is 1. The van der Waals surface area contributed by atoms with E-state index in [0.29, 0.717) is 37.3 Å². The highest BCUT2D eigenvalue weighted by molar-refractivity contribution is 5.95. The number of ether oxygens (including phenoxy) is 1. The topological polar surface area (TPSA) is 73.9 Å². The molecule has 0 spiro atoms. The normalized spacial score (nSPS) is 25.1. The first kappa shape index (κ1) is 24.6. The van der Waals surface area contributed by atoms with Gasteiger partial charge >= 0.3 is 6.36 Å². The SMILES string of the molecule is O=C1NC(N2CCN(C(=O)c3cccc(-c4ccccc4OC(F)(F)F)c3)CC2)NC2CCCCC12. The minimum absolute atomic E-state index is 0.0387. The number of fused-ring (bicyclic) bond motifs is 1. The van der Waals surface area contributed by atoms with Crippen LogP contribution in [0.4, 0.5) is 13.2 Å². The number of rotatable bonds is 4. The van der Waals surface area contributed by atoms with E-state index in [0.717, 1.165) is 25.7 Å². The standard InChI is InChI=1S/C26H29F3N4O3/c27-26(28,29)36-22-11-4-2-8-19(22)17-6-5-7-18(16-17)24(35)32-12-14-33(15-13-32)25-30-21-10-3-1-9-20(21)23(34)31-25/h2,4-8,11,16,20-21,25,30H,1,3,9-10,12-15H2,(H,31,34). The Labute approximate surface area is 207 Å². The maximum Gasteiger partial charge on any atom is 0.573 e. The van der Waals surface area contributed by atoms with Gasteiger partial charge in [-0.3, -0.25) is 19.8 Å². The van der Waals surface area contributed by atoms with Crippen molar-refractivity contribution >= 4 is 11.8 Å². The maximum atomic E-state index is 13.2. The van der Waals surface area contributed by atoms with Gasteiger partial charge in [0.2, 0.25) is 5.91 Å². The van der Waals surface area contributed by atoms with E-state index in [9.17, 15) is 22.8 Å². The quantitative estimate of drug-likeness (QED) is 0.669. The van der Waals surface area contributed by atoms with E-state index in [-0.39, 0.29) is 41.4 Å². The zero-order chi connectivity index (χ0) is 25.3. The van der Waals surface area contributed by atoms with Crippen molar-refractivity contribution in [3.05, 3.63) is 54.1 Å². The summed E-state index contributed by atoms with van der Waals surface area (Å²) in [7, 11) is 0. The lowest BCUT2D eigenvalue weighted by atomic mass is 9.82. The maximum absolute atomic E-state index is 13.2. The van der Waals surface area contributed by atoms with Crippen LogP contribution in [0.2, 0.25) is 0 Å². The van der Waals surface area contributed by atoms with Crippen LogP contribution in [0.3, 0.4) is 0 Å². The molecule has 0 radical (unpaired) electrons. The van der Waals surface area contributed by atoms with Gasteiger partial charge in [-0.1, -0.05) is 43.2 Å². The van der Waals surface area contributed by atoms with Gasteiger partial charge in [-0.05, 0) is 36.6 Å². The van der Waals surface area contributed by atoms with E-state index < -0.39 is 6.36 Å². The van der Waals surface area contributed by atoms with Gasteiger partial charge in [0.25, 0.3) is 5.91 Å². The molecule has 2 heterocycles. The van der Waals surface area contributed by atoms with Crippen molar-refractivity contribution < 1.29 is 27.5 Å². The second-order valence-electron chi connectivity index (χ2n) is 9.53. The Morgan fingerprint density at radius 3 is 2.50 bits per heavy atom. The first-order valence-electron chi connectivity index (χ1n) is 12.3. The zero-order valence-corrected chi connectivity index (χ0v) is 19.8. The molecule has 1 aliphatic carbocycles. The number of nitrogens with zero attached hydrogens (tertiary/aromatic N) is 2. The monoisotopic (exact) mass is 502 g/mol. The van der Waals surface area contributed by atoms with E-state index in [2.05, 4.69) is 20.3 Å². The van der Waals surface area contributed by atoms with Crippen molar-refractivity contribution in [1.82, 2.24) is 20.4 Å². The van der Waals surface area contributed by atoms with Gasteiger partial charge in [-0.2, -0.15) is 0 Å². The fourth-order valence-electron chi connectivity index (χ4n) is 5.43. The first-order valence-corrected chi connectivity index (χ1v) is 12.3. The third kappa shape index (κ3) is 5.34. The van der Waals surface area contributed by atoms with E-state index in [1.54, 1.807) is 35.2 Å². The van der Waals surface area contributed by atoms with Crippen molar-refractivity contribution in [3.63, 3.8) is 0 Å². The molecule has 0 bridgehead atoms. The second kappa shape index (κ2) is 10.1. The van der Waals surface area contributed by atoms with Crippen molar-refractivity contribution in [3.8, 4) is 16.9 Å². The van der Waals surface area contributed by atoms with Crippen LogP contribution in [-0.2, 0) is 4.79 Å². The van der Waals surface area contributed by atoms with Gasteiger partial charge in [-0.25, -0.2) is 0 Å². The highest BCUT2D eigenvalue weighted by Gasteiger charge is 2.40. The number of nitrogens with one attached hydrogen (secondary N) is 2. The molecule has 3 fully saturated rings. The lowest BCUT2D eigenvalue weighted by Gasteiger charge is -2.46. The molecule has 0 aromatic heterocycles. The molecule has 2 aromatic rings. The Hall–Kier alpha value is -3.11. The number of hydrogen-bond donors (Lipinski definition) is 2. The van der Waals surface area contributed by atoms with Gasteiger partial charge < -0.3 is 15.0 Å². The van der Waals surface area contributed by atoms with Gasteiger partial charge in [0, 0.05) is 43.3 Å². The van der Waals surface area contributed by atoms with Crippen LogP contribution in [0.15, 0.2) is 48.5 Å². The van der Waals surface area contributed by atoms with Gasteiger partial charge in [0.05, 0.1) is 5.92 Å². The van der Waals surface area contributed by atoms with Crippen LogP contribution in [0.1, 0.15) is 36.0 Å². The first-order chi connectivity index (χ1) is 17.3. The minimum Gasteiger partial charge on any atom is -0.405 e. The van der Waals surface area contributed by atoms with Crippen LogP contribution >= 0.6 is 0 Å². The van der Waals surface area contributed by atoms with Crippen molar-refractivity contribution in [2.75, 3.05) is 26.2 Å². The highest BCUT2D eigenvalue weighted by atomic mass is 19.4. The summed E-state index contributed by atoms with van der Waals surface area (Å²) in [6.45, 7) is 2.17. The Balaban J connectivity index is 1.24. The number of carbonyl (C=O) groups is 2. The predicted octanol–water partition coefficient (Wildman–Crippen LogP) is 3.57. The molecule has 5 rings (SSSR count). The summed E-state index contributed by atoms with van der Waals surface area (Å²) in [6.07, 6.45) is -0.910. The Kier molecular flexibility index (Phi) is 6.90. The number of halogens is 3. The molecule has 10 heteroatoms. The largest absolute Gasteiger partial charge is 0.573 e. The predicted molar refractivity (Wildman–Crippen MR) is 127 cm³/mol. The minimum atomic E-state index is -4.81. The Morgan fingerprint density at radius 2 is 1.72 bits per heavy atom. The number of alkyl halides is 3. The van der Waals surface area contributed by atoms with E-state index >= 15 is 0 Å². The lowest BCUT2D eigenvalue weighted by Crippen LogP contribution is -2.69. The lowest BCUT2D eigenvalue weighted by molar-refractivity contribution is -0.274. The third-order valence-electron chi connectivity index (χ3n) is 7.25. The molecule has 2 saturated heterocycles. The van der Waals surface area contributed by atoms with Crippen molar-refractivity contribution in [2.24, 2.45) is 5.92 Å². The molecule has 3 aliphatic rings. The fourth-order valence-corrected chi connectivity index (χ4v) is 5.43. The van der Waals surface area contributed by atoms with Crippen LogP contribution in [0.5, 0.6) is 5.75 Å². The Bertz CT molecular complexity index is 1120. The summed E-state index contributed by atoms with van der Waals surface area (Å²) >= 11 is 0. The fraction of sp³-hybridized carbons (Fsp3) is 0.462. The summed E-state index contributed by atoms with van der Waals surface area (Å²) in [5.41, 5.74) is 1.13.